The molecule has 24 heavy (non-hydrogen) atoms. The fourth-order valence-corrected chi connectivity index (χ4v) is 2.99. The Morgan fingerprint density at radius 2 is 2.00 bits per heavy atom. The standard InChI is InChI=1S/C18H27N3O3/c1-3-14(4-2)21(18(23)13-7-8-13)11-15-9-16(20-24-15)17(22)19-10-12-5-6-12/h9,12-14H,3-8,10-11H2,1-2H3,(H,19,22). The van der Waals surface area contributed by atoms with Gasteiger partial charge in [-0.05, 0) is 44.4 Å². The van der Waals surface area contributed by atoms with Crippen LogP contribution in [0.4, 0.5) is 0 Å². The van der Waals surface area contributed by atoms with Crippen LogP contribution < -0.4 is 5.32 Å². The molecule has 0 bridgehead atoms. The van der Waals surface area contributed by atoms with E-state index in [4.69, 9.17) is 4.52 Å². The Hall–Kier alpha value is -1.85. The van der Waals surface area contributed by atoms with Gasteiger partial charge in [-0.1, -0.05) is 19.0 Å². The van der Waals surface area contributed by atoms with Crippen molar-refractivity contribution >= 4 is 11.8 Å². The van der Waals surface area contributed by atoms with E-state index in [1.807, 2.05) is 4.90 Å². The van der Waals surface area contributed by atoms with E-state index in [0.717, 1.165) is 25.7 Å². The molecule has 0 unspecified atom stereocenters. The molecule has 2 amide bonds. The average molecular weight is 333 g/mol. The minimum atomic E-state index is -0.195. The summed E-state index contributed by atoms with van der Waals surface area (Å²) in [4.78, 5) is 26.5. The molecule has 2 saturated carbocycles. The molecule has 0 spiro atoms. The van der Waals surface area contributed by atoms with Gasteiger partial charge in [0.05, 0.1) is 6.54 Å². The third kappa shape index (κ3) is 4.16. The van der Waals surface area contributed by atoms with Gasteiger partial charge in [0.15, 0.2) is 11.5 Å². The van der Waals surface area contributed by atoms with Crippen molar-refractivity contribution in [2.75, 3.05) is 6.54 Å². The van der Waals surface area contributed by atoms with Gasteiger partial charge in [-0.3, -0.25) is 9.59 Å². The maximum Gasteiger partial charge on any atom is 0.273 e. The van der Waals surface area contributed by atoms with Gasteiger partial charge in [0.2, 0.25) is 5.91 Å². The highest BCUT2D eigenvalue weighted by atomic mass is 16.5. The quantitative estimate of drug-likeness (QED) is 0.754. The van der Waals surface area contributed by atoms with E-state index >= 15 is 0 Å². The van der Waals surface area contributed by atoms with Gasteiger partial charge in [0.25, 0.3) is 5.91 Å². The van der Waals surface area contributed by atoms with E-state index in [-0.39, 0.29) is 23.8 Å². The smallest absolute Gasteiger partial charge is 0.273 e. The fourth-order valence-electron chi connectivity index (χ4n) is 2.99. The largest absolute Gasteiger partial charge is 0.359 e. The summed E-state index contributed by atoms with van der Waals surface area (Å²) in [5.74, 6) is 1.39. The van der Waals surface area contributed by atoms with Crippen LogP contribution in [0.25, 0.3) is 0 Å². The first-order valence-corrected chi connectivity index (χ1v) is 9.16. The lowest BCUT2D eigenvalue weighted by Crippen LogP contribution is -2.40. The Bertz CT molecular complexity index is 586. The lowest BCUT2D eigenvalue weighted by Gasteiger charge is -2.29. The first kappa shape index (κ1) is 17.0. The third-order valence-electron chi connectivity index (χ3n) is 4.96. The van der Waals surface area contributed by atoms with Gasteiger partial charge in [-0.25, -0.2) is 0 Å². The number of nitrogens with zero attached hydrogens (tertiary/aromatic N) is 2. The molecule has 2 aliphatic carbocycles. The molecule has 2 fully saturated rings. The fraction of sp³-hybridized carbons (Fsp3) is 0.722. The number of carbonyl (C=O) groups is 2. The van der Waals surface area contributed by atoms with E-state index in [2.05, 4.69) is 24.3 Å². The van der Waals surface area contributed by atoms with Crippen molar-refractivity contribution in [3.8, 4) is 0 Å². The van der Waals surface area contributed by atoms with E-state index in [0.29, 0.717) is 30.5 Å². The van der Waals surface area contributed by atoms with Crippen molar-refractivity contribution in [2.24, 2.45) is 11.8 Å². The highest BCUT2D eigenvalue weighted by Gasteiger charge is 2.36. The molecular weight excluding hydrogens is 306 g/mol. The van der Waals surface area contributed by atoms with Gasteiger partial charge in [0.1, 0.15) is 0 Å². The third-order valence-corrected chi connectivity index (χ3v) is 4.96. The molecule has 1 aromatic heterocycles. The predicted molar refractivity (Wildman–Crippen MR) is 89.2 cm³/mol. The summed E-state index contributed by atoms with van der Waals surface area (Å²) in [6.07, 6.45) is 6.19. The van der Waals surface area contributed by atoms with Crippen molar-refractivity contribution in [1.82, 2.24) is 15.4 Å². The molecule has 132 valence electrons. The van der Waals surface area contributed by atoms with Gasteiger partial charge < -0.3 is 14.7 Å². The van der Waals surface area contributed by atoms with E-state index in [1.54, 1.807) is 6.07 Å². The van der Waals surface area contributed by atoms with Crippen LogP contribution in [0, 0.1) is 11.8 Å². The normalized spacial score (nSPS) is 17.1. The summed E-state index contributed by atoms with van der Waals surface area (Å²) in [5, 5.41) is 6.75. The monoisotopic (exact) mass is 333 g/mol. The van der Waals surface area contributed by atoms with Crippen molar-refractivity contribution in [3.63, 3.8) is 0 Å². The van der Waals surface area contributed by atoms with Crippen LogP contribution in [0.15, 0.2) is 10.6 Å². The van der Waals surface area contributed by atoms with Crippen molar-refractivity contribution in [2.45, 2.75) is 65.0 Å². The summed E-state index contributed by atoms with van der Waals surface area (Å²) in [5.41, 5.74) is 0.300. The zero-order valence-electron chi connectivity index (χ0n) is 14.6. The lowest BCUT2D eigenvalue weighted by molar-refractivity contribution is -0.136. The molecule has 1 aromatic rings. The Morgan fingerprint density at radius 1 is 1.29 bits per heavy atom. The maximum atomic E-state index is 12.6. The number of hydrogen-bond acceptors (Lipinski definition) is 4. The molecule has 0 radical (unpaired) electrons. The van der Waals surface area contributed by atoms with E-state index < -0.39 is 0 Å². The van der Waals surface area contributed by atoms with E-state index in [1.165, 1.54) is 12.8 Å². The number of nitrogens with one attached hydrogen (secondary N) is 1. The zero-order chi connectivity index (χ0) is 17.1. The van der Waals surface area contributed by atoms with Gasteiger partial charge in [-0.2, -0.15) is 0 Å². The highest BCUT2D eigenvalue weighted by Crippen LogP contribution is 2.33. The van der Waals surface area contributed by atoms with Crippen molar-refractivity contribution in [1.29, 1.82) is 0 Å². The topological polar surface area (TPSA) is 75.4 Å². The Balaban J connectivity index is 1.63. The molecule has 0 atom stereocenters. The first-order chi connectivity index (χ1) is 11.6. The zero-order valence-corrected chi connectivity index (χ0v) is 14.6. The summed E-state index contributed by atoms with van der Waals surface area (Å²) in [6, 6.07) is 1.87. The molecule has 3 rings (SSSR count). The molecule has 6 nitrogen and oxygen atoms in total. The lowest BCUT2D eigenvalue weighted by atomic mass is 10.1. The summed E-state index contributed by atoms with van der Waals surface area (Å²) < 4.78 is 5.32. The first-order valence-electron chi connectivity index (χ1n) is 9.16. The molecule has 6 heteroatoms. The second-order valence-corrected chi connectivity index (χ2v) is 7.04. The van der Waals surface area contributed by atoms with Crippen LogP contribution in [-0.2, 0) is 11.3 Å². The minimum absolute atomic E-state index is 0.176. The van der Waals surface area contributed by atoms with E-state index in [9.17, 15) is 9.59 Å². The summed E-state index contributed by atoms with van der Waals surface area (Å²) in [7, 11) is 0. The SMILES string of the molecule is CCC(CC)N(Cc1cc(C(=O)NCC2CC2)no1)C(=O)C1CC1. The number of hydrogen-bond donors (Lipinski definition) is 1. The van der Waals surface area contributed by atoms with Crippen LogP contribution in [0.1, 0.15) is 68.6 Å². The second kappa shape index (κ2) is 7.36. The number of aromatic nitrogens is 1. The Kier molecular flexibility index (Phi) is 5.21. The summed E-state index contributed by atoms with van der Waals surface area (Å²) in [6.45, 7) is 5.29. The molecule has 0 aromatic carbocycles. The Morgan fingerprint density at radius 3 is 2.58 bits per heavy atom. The van der Waals surface area contributed by atoms with Gasteiger partial charge in [0, 0.05) is 24.6 Å². The van der Waals surface area contributed by atoms with Crippen LogP contribution >= 0.6 is 0 Å². The maximum absolute atomic E-state index is 12.6. The molecule has 2 aliphatic rings. The highest BCUT2D eigenvalue weighted by molar-refractivity contribution is 5.92. The number of rotatable bonds is 9. The summed E-state index contributed by atoms with van der Waals surface area (Å²) >= 11 is 0. The average Bonchev–Trinajstić information content (AvgIpc) is 3.50. The number of amides is 2. The predicted octanol–water partition coefficient (Wildman–Crippen LogP) is 2.74. The van der Waals surface area contributed by atoms with Crippen LogP contribution in [-0.4, -0.2) is 34.5 Å². The van der Waals surface area contributed by atoms with Gasteiger partial charge in [-0.15, -0.1) is 0 Å². The molecule has 1 heterocycles. The molecule has 0 aliphatic heterocycles. The molecule has 0 saturated heterocycles. The Labute approximate surface area is 142 Å². The van der Waals surface area contributed by atoms with Gasteiger partial charge >= 0.3 is 0 Å². The number of carbonyl (C=O) groups excluding carboxylic acids is 2. The second-order valence-electron chi connectivity index (χ2n) is 7.04. The van der Waals surface area contributed by atoms with Crippen LogP contribution in [0.3, 0.4) is 0 Å². The van der Waals surface area contributed by atoms with Crippen molar-refractivity contribution < 1.29 is 14.1 Å². The van der Waals surface area contributed by atoms with Crippen LogP contribution in [0.2, 0.25) is 0 Å². The van der Waals surface area contributed by atoms with Crippen molar-refractivity contribution in [3.05, 3.63) is 17.5 Å². The molecular formula is C18H27N3O3. The minimum Gasteiger partial charge on any atom is -0.359 e. The van der Waals surface area contributed by atoms with Crippen LogP contribution in [0.5, 0.6) is 0 Å². The molecule has 1 N–H and O–H groups in total.